The lowest BCUT2D eigenvalue weighted by Crippen LogP contribution is -2.41. The summed E-state index contributed by atoms with van der Waals surface area (Å²) in [5.74, 6) is 0.306. The third kappa shape index (κ3) is 5.40. The number of carbonyl (C=O) groups excluding carboxylic acids is 3. The Hall–Kier alpha value is -3.07. The lowest BCUT2D eigenvalue weighted by atomic mass is 9.95. The number of amides is 2. The van der Waals surface area contributed by atoms with Gasteiger partial charge in [-0.15, -0.1) is 11.3 Å². The minimum absolute atomic E-state index is 0.100. The average Bonchev–Trinajstić information content (AvgIpc) is 3.18. The first-order chi connectivity index (χ1) is 15.4. The first-order valence-corrected chi connectivity index (χ1v) is 11.3. The van der Waals surface area contributed by atoms with Crippen LogP contribution in [0.5, 0.6) is 11.5 Å². The number of benzene rings is 1. The zero-order chi connectivity index (χ0) is 23.3. The molecule has 1 saturated heterocycles. The Morgan fingerprint density at radius 3 is 2.25 bits per heavy atom. The van der Waals surface area contributed by atoms with Gasteiger partial charge in [0, 0.05) is 30.6 Å². The van der Waals surface area contributed by atoms with Crippen LogP contribution < -0.4 is 14.8 Å². The van der Waals surface area contributed by atoms with E-state index in [4.69, 9.17) is 14.2 Å². The van der Waals surface area contributed by atoms with Gasteiger partial charge >= 0.3 is 5.97 Å². The van der Waals surface area contributed by atoms with Crippen molar-refractivity contribution in [3.63, 3.8) is 0 Å². The number of piperidine rings is 1. The topological polar surface area (TPSA) is 94.2 Å². The van der Waals surface area contributed by atoms with Crippen molar-refractivity contribution in [3.05, 3.63) is 40.3 Å². The van der Waals surface area contributed by atoms with E-state index >= 15 is 0 Å². The van der Waals surface area contributed by atoms with Gasteiger partial charge in [-0.2, -0.15) is 0 Å². The number of esters is 1. The number of rotatable bonds is 7. The lowest BCUT2D eigenvalue weighted by Gasteiger charge is -2.31. The molecule has 172 valence electrons. The fourth-order valence-corrected chi connectivity index (χ4v) is 4.59. The van der Waals surface area contributed by atoms with Crippen molar-refractivity contribution in [3.8, 4) is 11.5 Å². The fraction of sp³-hybridized carbons (Fsp3) is 0.435. The summed E-state index contributed by atoms with van der Waals surface area (Å²) in [6, 6.07) is 6.87. The maximum absolute atomic E-state index is 12.9. The molecule has 0 bridgehead atoms. The minimum atomic E-state index is -0.378. The van der Waals surface area contributed by atoms with Gasteiger partial charge in [0.25, 0.3) is 5.91 Å². The van der Waals surface area contributed by atoms with E-state index in [2.05, 4.69) is 5.32 Å². The van der Waals surface area contributed by atoms with Gasteiger partial charge in [0.15, 0.2) is 0 Å². The fourth-order valence-electron chi connectivity index (χ4n) is 3.62. The Morgan fingerprint density at radius 2 is 1.69 bits per heavy atom. The molecule has 8 nitrogen and oxygen atoms in total. The predicted molar refractivity (Wildman–Crippen MR) is 122 cm³/mol. The van der Waals surface area contributed by atoms with Crippen LogP contribution in [-0.4, -0.2) is 56.6 Å². The van der Waals surface area contributed by atoms with Crippen molar-refractivity contribution in [1.82, 2.24) is 4.90 Å². The van der Waals surface area contributed by atoms with E-state index in [1.54, 1.807) is 36.1 Å². The van der Waals surface area contributed by atoms with E-state index in [0.717, 1.165) is 5.56 Å². The standard InChI is InChI=1S/C23H28N2O6S/c1-5-31-23(28)20-14(2)10-19(32-20)24-21(26)15-6-8-25(9-7-15)22(27)16-11-17(29-3)13-18(12-16)30-4/h10-13,15H,5-9H2,1-4H3,(H,24,26). The molecule has 1 aromatic heterocycles. The van der Waals surface area contributed by atoms with Crippen molar-refractivity contribution in [2.75, 3.05) is 39.2 Å². The Bertz CT molecular complexity index is 972. The Balaban J connectivity index is 1.59. The summed E-state index contributed by atoms with van der Waals surface area (Å²) in [6.07, 6.45) is 1.13. The molecular formula is C23H28N2O6S. The molecule has 1 aliphatic rings. The highest BCUT2D eigenvalue weighted by atomic mass is 32.1. The SMILES string of the molecule is CCOC(=O)c1sc(NC(=O)C2CCN(C(=O)c3cc(OC)cc(OC)c3)CC2)cc1C. The molecule has 0 spiro atoms. The molecule has 1 N–H and O–H groups in total. The molecule has 3 rings (SSSR count). The summed E-state index contributed by atoms with van der Waals surface area (Å²) >= 11 is 1.21. The quantitative estimate of drug-likeness (QED) is 0.633. The maximum atomic E-state index is 12.9. The smallest absolute Gasteiger partial charge is 0.348 e. The first-order valence-electron chi connectivity index (χ1n) is 10.5. The van der Waals surface area contributed by atoms with E-state index in [9.17, 15) is 14.4 Å². The highest BCUT2D eigenvalue weighted by Gasteiger charge is 2.29. The third-order valence-corrected chi connectivity index (χ3v) is 6.51. The molecule has 9 heteroatoms. The van der Waals surface area contributed by atoms with E-state index in [1.165, 1.54) is 25.6 Å². The van der Waals surface area contributed by atoms with Crippen LogP contribution in [0.15, 0.2) is 24.3 Å². The molecule has 0 radical (unpaired) electrons. The van der Waals surface area contributed by atoms with Crippen LogP contribution in [0.2, 0.25) is 0 Å². The van der Waals surface area contributed by atoms with E-state index < -0.39 is 0 Å². The second kappa shape index (κ2) is 10.5. The average molecular weight is 461 g/mol. The zero-order valence-corrected chi connectivity index (χ0v) is 19.5. The summed E-state index contributed by atoms with van der Waals surface area (Å²) in [6.45, 7) is 4.83. The highest BCUT2D eigenvalue weighted by molar-refractivity contribution is 7.18. The molecule has 1 fully saturated rings. The zero-order valence-electron chi connectivity index (χ0n) is 18.7. The molecule has 2 heterocycles. The number of hydrogen-bond acceptors (Lipinski definition) is 7. The second-order valence-corrected chi connectivity index (χ2v) is 8.55. The van der Waals surface area contributed by atoms with E-state index in [-0.39, 0.29) is 23.7 Å². The number of ether oxygens (including phenoxy) is 3. The van der Waals surface area contributed by atoms with Gasteiger partial charge in [-0.05, 0) is 50.5 Å². The molecule has 1 aromatic carbocycles. The van der Waals surface area contributed by atoms with Gasteiger partial charge < -0.3 is 24.4 Å². The molecule has 0 saturated carbocycles. The molecule has 2 amide bonds. The third-order valence-electron chi connectivity index (χ3n) is 5.38. The summed E-state index contributed by atoms with van der Waals surface area (Å²) in [5.41, 5.74) is 1.27. The summed E-state index contributed by atoms with van der Waals surface area (Å²) < 4.78 is 15.5. The summed E-state index contributed by atoms with van der Waals surface area (Å²) in [5, 5.41) is 3.53. The van der Waals surface area contributed by atoms with Crippen molar-refractivity contribution in [1.29, 1.82) is 0 Å². The van der Waals surface area contributed by atoms with Crippen LogP contribution in [0.25, 0.3) is 0 Å². The largest absolute Gasteiger partial charge is 0.497 e. The highest BCUT2D eigenvalue weighted by Crippen LogP contribution is 2.29. The van der Waals surface area contributed by atoms with E-state index in [1.807, 2.05) is 6.92 Å². The van der Waals surface area contributed by atoms with Crippen molar-refractivity contribution in [2.45, 2.75) is 26.7 Å². The molecule has 1 aliphatic heterocycles. The Kier molecular flexibility index (Phi) is 7.74. The van der Waals surface area contributed by atoms with Gasteiger partial charge in [-0.25, -0.2) is 4.79 Å². The minimum Gasteiger partial charge on any atom is -0.497 e. The number of nitrogens with zero attached hydrogens (tertiary/aromatic N) is 1. The molecule has 32 heavy (non-hydrogen) atoms. The van der Waals surface area contributed by atoms with Crippen LogP contribution >= 0.6 is 11.3 Å². The van der Waals surface area contributed by atoms with Crippen LogP contribution in [0.3, 0.4) is 0 Å². The van der Waals surface area contributed by atoms with Crippen LogP contribution in [0.4, 0.5) is 5.00 Å². The number of nitrogens with one attached hydrogen (secondary N) is 1. The Labute approximate surface area is 191 Å². The van der Waals surface area contributed by atoms with Crippen molar-refractivity contribution in [2.24, 2.45) is 5.92 Å². The van der Waals surface area contributed by atoms with Gasteiger partial charge in [-0.1, -0.05) is 0 Å². The maximum Gasteiger partial charge on any atom is 0.348 e. The predicted octanol–water partition coefficient (Wildman–Crippen LogP) is 3.74. The van der Waals surface area contributed by atoms with Gasteiger partial charge in [0.1, 0.15) is 16.4 Å². The van der Waals surface area contributed by atoms with Crippen LogP contribution in [0.1, 0.15) is 45.4 Å². The second-order valence-electron chi connectivity index (χ2n) is 7.50. The summed E-state index contributed by atoms with van der Waals surface area (Å²) in [4.78, 5) is 39.9. The van der Waals surface area contributed by atoms with Gasteiger partial charge in [0.05, 0.1) is 25.8 Å². The van der Waals surface area contributed by atoms with Crippen LogP contribution in [0, 0.1) is 12.8 Å². The number of carbonyl (C=O) groups is 3. The monoisotopic (exact) mass is 460 g/mol. The van der Waals surface area contributed by atoms with Crippen molar-refractivity contribution < 1.29 is 28.6 Å². The van der Waals surface area contributed by atoms with Crippen LogP contribution in [-0.2, 0) is 9.53 Å². The number of aryl methyl sites for hydroxylation is 1. The summed E-state index contributed by atoms with van der Waals surface area (Å²) in [7, 11) is 3.08. The van der Waals surface area contributed by atoms with Gasteiger partial charge in [0.2, 0.25) is 5.91 Å². The molecule has 2 aromatic rings. The number of thiophene rings is 1. The Morgan fingerprint density at radius 1 is 1.06 bits per heavy atom. The number of methoxy groups -OCH3 is 2. The normalized spacial score (nSPS) is 14.1. The molecular weight excluding hydrogens is 432 g/mol. The van der Waals surface area contributed by atoms with E-state index in [0.29, 0.717) is 59.5 Å². The number of likely N-dealkylation sites (tertiary alicyclic amines) is 1. The molecule has 0 unspecified atom stereocenters. The number of anilines is 1. The number of hydrogen-bond donors (Lipinski definition) is 1. The molecule has 0 aliphatic carbocycles. The van der Waals surface area contributed by atoms with Gasteiger partial charge in [-0.3, -0.25) is 9.59 Å². The van der Waals surface area contributed by atoms with Crippen molar-refractivity contribution >= 4 is 34.1 Å². The molecule has 0 atom stereocenters. The lowest BCUT2D eigenvalue weighted by molar-refractivity contribution is -0.121. The first kappa shape index (κ1) is 23.6.